The Hall–Kier alpha value is -0.890. The van der Waals surface area contributed by atoms with Gasteiger partial charge in [-0.15, -0.1) is 0 Å². The van der Waals surface area contributed by atoms with Gasteiger partial charge in [-0.25, -0.2) is 9.48 Å². The molecule has 0 saturated heterocycles. The van der Waals surface area contributed by atoms with Crippen molar-refractivity contribution in [2.75, 3.05) is 0 Å². The summed E-state index contributed by atoms with van der Waals surface area (Å²) in [6, 6.07) is 7.50. The quantitative estimate of drug-likeness (QED) is 0.799. The third-order valence-corrected chi connectivity index (χ3v) is 3.58. The average Bonchev–Trinajstić information content (AvgIpc) is 2.61. The standard InChI is InChI=1S/C10H6BrIN2O2/c11-6-1-3-7(4-2-6)14-9(12)8(5-13-14)10(15)16/h1-5H,(H,15,16). The van der Waals surface area contributed by atoms with Gasteiger partial charge in [0.15, 0.2) is 0 Å². The Labute approximate surface area is 114 Å². The number of nitrogens with zero attached hydrogens (tertiary/aromatic N) is 2. The van der Waals surface area contributed by atoms with E-state index in [2.05, 4.69) is 21.0 Å². The van der Waals surface area contributed by atoms with Crippen LogP contribution in [0.2, 0.25) is 0 Å². The van der Waals surface area contributed by atoms with Crippen LogP contribution in [0.5, 0.6) is 0 Å². The fourth-order valence-electron chi connectivity index (χ4n) is 1.24. The second-order valence-electron chi connectivity index (χ2n) is 3.04. The van der Waals surface area contributed by atoms with E-state index in [4.69, 9.17) is 5.11 Å². The van der Waals surface area contributed by atoms with Gasteiger partial charge in [-0.2, -0.15) is 5.10 Å². The second-order valence-corrected chi connectivity index (χ2v) is 4.98. The molecule has 0 radical (unpaired) electrons. The van der Waals surface area contributed by atoms with Crippen LogP contribution in [0.15, 0.2) is 34.9 Å². The van der Waals surface area contributed by atoms with Crippen LogP contribution in [0, 0.1) is 3.70 Å². The third-order valence-electron chi connectivity index (χ3n) is 2.01. The van der Waals surface area contributed by atoms with Crippen molar-refractivity contribution in [2.45, 2.75) is 0 Å². The molecule has 16 heavy (non-hydrogen) atoms. The van der Waals surface area contributed by atoms with E-state index in [-0.39, 0.29) is 5.56 Å². The van der Waals surface area contributed by atoms with Crippen LogP contribution in [-0.2, 0) is 0 Å². The first kappa shape index (κ1) is 11.6. The predicted octanol–water partition coefficient (Wildman–Crippen LogP) is 2.94. The molecule has 0 bridgehead atoms. The summed E-state index contributed by atoms with van der Waals surface area (Å²) in [6.45, 7) is 0. The minimum Gasteiger partial charge on any atom is -0.478 e. The number of carboxylic acids is 1. The van der Waals surface area contributed by atoms with Crippen molar-refractivity contribution < 1.29 is 9.90 Å². The lowest BCUT2D eigenvalue weighted by molar-refractivity contribution is 0.0695. The Morgan fingerprint density at radius 1 is 1.38 bits per heavy atom. The van der Waals surface area contributed by atoms with Crippen LogP contribution in [0.25, 0.3) is 5.69 Å². The maximum atomic E-state index is 10.9. The van der Waals surface area contributed by atoms with Crippen LogP contribution in [0.4, 0.5) is 0 Å². The largest absolute Gasteiger partial charge is 0.478 e. The smallest absolute Gasteiger partial charge is 0.340 e. The normalized spacial score (nSPS) is 10.4. The van der Waals surface area contributed by atoms with Gasteiger partial charge in [0, 0.05) is 4.47 Å². The number of rotatable bonds is 2. The third kappa shape index (κ3) is 2.12. The molecule has 1 aromatic heterocycles. The van der Waals surface area contributed by atoms with Gasteiger partial charge < -0.3 is 5.11 Å². The van der Waals surface area contributed by atoms with Crippen LogP contribution >= 0.6 is 38.5 Å². The van der Waals surface area contributed by atoms with Gasteiger partial charge in [-0.1, -0.05) is 15.9 Å². The van der Waals surface area contributed by atoms with Gasteiger partial charge in [0.05, 0.1) is 11.9 Å². The average molecular weight is 393 g/mol. The number of aromatic carboxylic acids is 1. The van der Waals surface area contributed by atoms with Crippen molar-refractivity contribution >= 4 is 44.5 Å². The van der Waals surface area contributed by atoms with Gasteiger partial charge in [0.2, 0.25) is 0 Å². The summed E-state index contributed by atoms with van der Waals surface area (Å²) in [5.74, 6) is -0.965. The summed E-state index contributed by atoms with van der Waals surface area (Å²) in [6.07, 6.45) is 1.35. The zero-order valence-corrected chi connectivity index (χ0v) is 11.6. The molecule has 2 aromatic rings. The van der Waals surface area contributed by atoms with Crippen LogP contribution in [-0.4, -0.2) is 20.9 Å². The van der Waals surface area contributed by atoms with E-state index >= 15 is 0 Å². The van der Waals surface area contributed by atoms with Crippen molar-refractivity contribution in [3.05, 3.63) is 44.2 Å². The molecule has 6 heteroatoms. The molecule has 0 atom stereocenters. The van der Waals surface area contributed by atoms with Crippen molar-refractivity contribution in [1.82, 2.24) is 9.78 Å². The molecule has 82 valence electrons. The highest BCUT2D eigenvalue weighted by Gasteiger charge is 2.14. The molecular formula is C10H6BrIN2O2. The zero-order valence-electron chi connectivity index (χ0n) is 7.89. The molecule has 2 rings (SSSR count). The topological polar surface area (TPSA) is 55.1 Å². The number of hydrogen-bond acceptors (Lipinski definition) is 2. The molecule has 0 spiro atoms. The van der Waals surface area contributed by atoms with Crippen LogP contribution in [0.3, 0.4) is 0 Å². The summed E-state index contributed by atoms with van der Waals surface area (Å²) in [5, 5.41) is 13.0. The van der Waals surface area contributed by atoms with Crippen LogP contribution in [0.1, 0.15) is 10.4 Å². The monoisotopic (exact) mass is 392 g/mol. The van der Waals surface area contributed by atoms with E-state index in [1.54, 1.807) is 4.68 Å². The molecule has 0 fully saturated rings. The number of benzene rings is 1. The minimum absolute atomic E-state index is 0.212. The first-order valence-corrected chi connectivity index (χ1v) is 6.19. The Kier molecular flexibility index (Phi) is 3.29. The van der Waals surface area contributed by atoms with E-state index in [0.717, 1.165) is 10.2 Å². The summed E-state index contributed by atoms with van der Waals surface area (Å²) >= 11 is 5.31. The number of carboxylic acid groups (broad SMARTS) is 1. The lowest BCUT2D eigenvalue weighted by Gasteiger charge is -2.03. The first-order chi connectivity index (χ1) is 7.59. The molecule has 0 aliphatic carbocycles. The van der Waals surface area contributed by atoms with Gasteiger partial charge in [-0.05, 0) is 46.9 Å². The zero-order chi connectivity index (χ0) is 11.7. The van der Waals surface area contributed by atoms with Crippen LogP contribution < -0.4 is 0 Å². The SMILES string of the molecule is O=C(O)c1cnn(-c2ccc(Br)cc2)c1I. The lowest BCUT2D eigenvalue weighted by Crippen LogP contribution is -2.02. The predicted molar refractivity (Wildman–Crippen MR) is 70.9 cm³/mol. The Morgan fingerprint density at radius 2 is 2.00 bits per heavy atom. The molecular weight excluding hydrogens is 387 g/mol. The molecule has 0 aliphatic rings. The molecule has 4 nitrogen and oxygen atoms in total. The van der Waals surface area contributed by atoms with E-state index in [9.17, 15) is 4.79 Å². The number of aromatic nitrogens is 2. The fraction of sp³-hybridized carbons (Fsp3) is 0. The maximum absolute atomic E-state index is 10.9. The number of halogens is 2. The Bertz CT molecular complexity index is 536. The van der Waals surface area contributed by atoms with Gasteiger partial charge in [0.25, 0.3) is 0 Å². The molecule has 0 saturated carbocycles. The molecule has 0 aliphatic heterocycles. The maximum Gasteiger partial charge on any atom is 0.340 e. The first-order valence-electron chi connectivity index (χ1n) is 4.32. The second kappa shape index (κ2) is 4.54. The van der Waals surface area contributed by atoms with E-state index in [1.165, 1.54) is 6.20 Å². The van der Waals surface area contributed by atoms with E-state index in [1.807, 2.05) is 46.9 Å². The minimum atomic E-state index is -0.965. The Morgan fingerprint density at radius 3 is 2.50 bits per heavy atom. The van der Waals surface area contributed by atoms with Crippen molar-refractivity contribution in [3.63, 3.8) is 0 Å². The molecule has 1 heterocycles. The summed E-state index contributed by atoms with van der Waals surface area (Å²) in [4.78, 5) is 10.9. The Balaban J connectivity index is 2.49. The van der Waals surface area contributed by atoms with E-state index < -0.39 is 5.97 Å². The van der Waals surface area contributed by atoms with Gasteiger partial charge in [-0.3, -0.25) is 0 Å². The number of carbonyl (C=O) groups is 1. The van der Waals surface area contributed by atoms with Gasteiger partial charge >= 0.3 is 5.97 Å². The van der Waals surface area contributed by atoms with E-state index in [0.29, 0.717) is 3.70 Å². The van der Waals surface area contributed by atoms with Crippen molar-refractivity contribution in [3.8, 4) is 5.69 Å². The fourth-order valence-corrected chi connectivity index (χ4v) is 2.28. The summed E-state index contributed by atoms with van der Waals surface area (Å²) in [7, 11) is 0. The highest BCUT2D eigenvalue weighted by atomic mass is 127. The van der Waals surface area contributed by atoms with Crippen molar-refractivity contribution in [1.29, 1.82) is 0 Å². The van der Waals surface area contributed by atoms with Gasteiger partial charge in [0.1, 0.15) is 9.26 Å². The molecule has 1 aromatic carbocycles. The molecule has 1 N–H and O–H groups in total. The van der Waals surface area contributed by atoms with Crippen molar-refractivity contribution in [2.24, 2.45) is 0 Å². The molecule has 0 unspecified atom stereocenters. The molecule has 0 amide bonds. The lowest BCUT2D eigenvalue weighted by atomic mass is 10.3. The highest BCUT2D eigenvalue weighted by molar-refractivity contribution is 14.1. The summed E-state index contributed by atoms with van der Waals surface area (Å²) in [5.41, 5.74) is 1.05. The number of hydrogen-bond donors (Lipinski definition) is 1. The summed E-state index contributed by atoms with van der Waals surface area (Å²) < 4.78 is 3.15. The highest BCUT2D eigenvalue weighted by Crippen LogP contribution is 2.19.